The van der Waals surface area contributed by atoms with Gasteiger partial charge in [0.25, 0.3) is 0 Å². The highest BCUT2D eigenvalue weighted by Gasteiger charge is 1.95. The van der Waals surface area contributed by atoms with Gasteiger partial charge in [-0.1, -0.05) is 150 Å². The molecule has 0 nitrogen and oxygen atoms in total. The van der Waals surface area contributed by atoms with E-state index in [1.54, 1.807) is 0 Å². The van der Waals surface area contributed by atoms with E-state index in [1.165, 1.54) is 128 Å². The van der Waals surface area contributed by atoms with Gasteiger partial charge in [0.05, 0.1) is 0 Å². The molecule has 1 unspecified atom stereocenters. The summed E-state index contributed by atoms with van der Waals surface area (Å²) in [7, 11) is 2.48. The molecule has 148 valence electrons. The molecule has 25 heavy (non-hydrogen) atoms. The van der Waals surface area contributed by atoms with Crippen LogP contribution in [0, 0.1) is 11.6 Å². The second-order valence-electron chi connectivity index (χ2n) is 7.79. The summed E-state index contributed by atoms with van der Waals surface area (Å²) in [6.07, 6.45) is 30.0. The van der Waals surface area contributed by atoms with E-state index < -0.39 is 0 Å². The van der Waals surface area contributed by atoms with Crippen molar-refractivity contribution in [3.05, 3.63) is 0 Å². The van der Waals surface area contributed by atoms with Crippen molar-refractivity contribution in [3.8, 4) is 11.6 Å². The van der Waals surface area contributed by atoms with Crippen LogP contribution >= 0.6 is 9.24 Å². The van der Waals surface area contributed by atoms with Gasteiger partial charge in [-0.05, 0) is 6.42 Å². The van der Waals surface area contributed by atoms with Gasteiger partial charge in [0, 0.05) is 6.42 Å². The van der Waals surface area contributed by atoms with Crippen LogP contribution in [0.1, 0.15) is 142 Å². The van der Waals surface area contributed by atoms with Crippen molar-refractivity contribution in [2.45, 2.75) is 142 Å². The average Bonchev–Trinajstić information content (AvgIpc) is 2.63. The second kappa shape index (κ2) is 24.0. The maximum absolute atomic E-state index is 3.12. The first-order valence-corrected chi connectivity index (χ1v) is 12.2. The van der Waals surface area contributed by atoms with E-state index in [2.05, 4.69) is 27.7 Å². The van der Waals surface area contributed by atoms with E-state index in [0.717, 1.165) is 6.42 Å². The number of hydrogen-bond donors (Lipinski definition) is 0. The summed E-state index contributed by atoms with van der Waals surface area (Å²) < 4.78 is 0. The molecule has 1 heteroatoms. The van der Waals surface area contributed by atoms with Crippen LogP contribution in [0.2, 0.25) is 0 Å². The van der Waals surface area contributed by atoms with Gasteiger partial charge in [-0.25, -0.2) is 0 Å². The molecule has 0 aliphatic heterocycles. The Balaban J connectivity index is 2.97. The molecule has 0 radical (unpaired) electrons. The minimum Gasteiger partial charge on any atom is -0.0992 e. The fraction of sp³-hybridized carbons (Fsp3) is 0.917. The van der Waals surface area contributed by atoms with Crippen LogP contribution in [0.4, 0.5) is 0 Å². The molecule has 0 spiro atoms. The summed E-state index contributed by atoms with van der Waals surface area (Å²) in [4.78, 5) is 0. The maximum atomic E-state index is 3.12. The van der Waals surface area contributed by atoms with Crippen molar-refractivity contribution >= 4 is 9.24 Å². The lowest BCUT2D eigenvalue weighted by Crippen LogP contribution is -1.84. The Kier molecular flexibility index (Phi) is 24.0. The molecule has 0 amide bonds. The second-order valence-corrected chi connectivity index (χ2v) is 8.08. The Morgan fingerprint density at radius 2 is 0.720 bits per heavy atom. The first kappa shape index (κ1) is 25.0. The van der Waals surface area contributed by atoms with Gasteiger partial charge in [-0.2, -0.15) is 0 Å². The monoisotopic (exact) mass is 366 g/mol. The van der Waals surface area contributed by atoms with Crippen LogP contribution in [-0.4, -0.2) is 0 Å². The van der Waals surface area contributed by atoms with E-state index in [-0.39, 0.29) is 0 Å². The number of hydrogen-bond acceptors (Lipinski definition) is 0. The smallest absolute Gasteiger partial charge is 0.00919 e. The highest BCUT2D eigenvalue weighted by molar-refractivity contribution is 7.23. The van der Waals surface area contributed by atoms with Crippen LogP contribution in [0.5, 0.6) is 0 Å². The van der Waals surface area contributed by atoms with Crippen molar-refractivity contribution in [1.29, 1.82) is 0 Å². The molecule has 0 aromatic heterocycles. The third kappa shape index (κ3) is 24.0. The summed E-state index contributed by atoms with van der Waals surface area (Å²) in [5, 5.41) is 0. The summed E-state index contributed by atoms with van der Waals surface area (Å²) in [5.74, 6) is 3.12. The molecule has 0 aromatic rings. The van der Waals surface area contributed by atoms with E-state index in [9.17, 15) is 0 Å². The molecule has 0 saturated carbocycles. The van der Waals surface area contributed by atoms with Crippen LogP contribution < -0.4 is 0 Å². The zero-order valence-electron chi connectivity index (χ0n) is 17.4. The summed E-state index contributed by atoms with van der Waals surface area (Å²) >= 11 is 0. The fourth-order valence-electron chi connectivity index (χ4n) is 3.54. The van der Waals surface area contributed by atoms with Gasteiger partial charge >= 0.3 is 0 Å². The standard InChI is InChI=1S/C24H47P/c1-2-3-4-5-6-7-8-9-10-11-12-13-14-15-16-17-18-19-20-21-22-23-24-25/h2-22,25H2,1H3. The SMILES string of the molecule is CCCCCCCCCCCCCCCCCCCCCCC#CP. The lowest BCUT2D eigenvalue weighted by atomic mass is 10.0. The maximum Gasteiger partial charge on any atom is 0.00919 e. The fourth-order valence-corrected chi connectivity index (χ4v) is 3.69. The van der Waals surface area contributed by atoms with Gasteiger partial charge in [-0.15, -0.1) is 0 Å². The molecule has 1 atom stereocenters. The average molecular weight is 367 g/mol. The van der Waals surface area contributed by atoms with Gasteiger partial charge < -0.3 is 0 Å². The molecule has 0 fully saturated rings. The molecular formula is C24H47P. The molecule has 0 heterocycles. The number of unbranched alkanes of at least 4 members (excludes halogenated alkanes) is 20. The normalized spacial score (nSPS) is 10.6. The summed E-state index contributed by atoms with van der Waals surface area (Å²) in [5.41, 5.74) is 2.89. The van der Waals surface area contributed by atoms with E-state index >= 15 is 0 Å². The third-order valence-corrected chi connectivity index (χ3v) is 5.46. The topological polar surface area (TPSA) is 0 Å². The number of rotatable bonds is 20. The Hall–Kier alpha value is -0.0100. The first-order chi connectivity index (χ1) is 12.4. The van der Waals surface area contributed by atoms with Gasteiger partial charge in [0.2, 0.25) is 0 Å². The van der Waals surface area contributed by atoms with Crippen molar-refractivity contribution in [1.82, 2.24) is 0 Å². The molecule has 0 N–H and O–H groups in total. The lowest BCUT2D eigenvalue weighted by Gasteiger charge is -2.04. The zero-order chi connectivity index (χ0) is 18.3. The van der Waals surface area contributed by atoms with Crippen LogP contribution in [-0.2, 0) is 0 Å². The Morgan fingerprint density at radius 1 is 0.440 bits per heavy atom. The highest BCUT2D eigenvalue weighted by atomic mass is 31.0. The summed E-state index contributed by atoms with van der Waals surface area (Å²) in [6.45, 7) is 2.30. The van der Waals surface area contributed by atoms with Crippen molar-refractivity contribution in [2.75, 3.05) is 0 Å². The molecule has 0 rings (SSSR count). The zero-order valence-corrected chi connectivity index (χ0v) is 18.6. The predicted molar refractivity (Wildman–Crippen MR) is 120 cm³/mol. The molecule has 0 bridgehead atoms. The van der Waals surface area contributed by atoms with Gasteiger partial charge in [0.15, 0.2) is 0 Å². The molecular weight excluding hydrogens is 319 g/mol. The van der Waals surface area contributed by atoms with Crippen LogP contribution in [0.3, 0.4) is 0 Å². The lowest BCUT2D eigenvalue weighted by molar-refractivity contribution is 0.522. The third-order valence-electron chi connectivity index (χ3n) is 5.26. The minimum atomic E-state index is 1.09. The predicted octanol–water partition coefficient (Wildman–Crippen LogP) is 9.03. The van der Waals surface area contributed by atoms with E-state index in [1.807, 2.05) is 0 Å². The Labute approximate surface area is 162 Å². The quantitative estimate of drug-likeness (QED) is 0.114. The Bertz CT molecular complexity index is 286. The minimum absolute atomic E-state index is 1.09. The first-order valence-electron chi connectivity index (χ1n) is 11.6. The van der Waals surface area contributed by atoms with Crippen molar-refractivity contribution < 1.29 is 0 Å². The van der Waals surface area contributed by atoms with Gasteiger partial charge in [-0.3, -0.25) is 0 Å². The highest BCUT2D eigenvalue weighted by Crippen LogP contribution is 2.14. The molecule has 0 aromatic carbocycles. The summed E-state index contributed by atoms with van der Waals surface area (Å²) in [6, 6.07) is 0. The molecule has 0 aliphatic carbocycles. The Morgan fingerprint density at radius 3 is 1.00 bits per heavy atom. The van der Waals surface area contributed by atoms with E-state index in [0.29, 0.717) is 0 Å². The largest absolute Gasteiger partial charge is 0.0992 e. The van der Waals surface area contributed by atoms with Gasteiger partial charge in [0.1, 0.15) is 0 Å². The molecule has 0 aliphatic rings. The van der Waals surface area contributed by atoms with E-state index in [4.69, 9.17) is 0 Å². The molecule has 0 saturated heterocycles. The van der Waals surface area contributed by atoms with Crippen LogP contribution in [0.25, 0.3) is 0 Å². The van der Waals surface area contributed by atoms with Crippen molar-refractivity contribution in [3.63, 3.8) is 0 Å². The van der Waals surface area contributed by atoms with Crippen LogP contribution in [0.15, 0.2) is 0 Å². The van der Waals surface area contributed by atoms with Crippen molar-refractivity contribution in [2.24, 2.45) is 0 Å².